The highest BCUT2D eigenvalue weighted by molar-refractivity contribution is 7.47. The highest BCUT2D eigenvalue weighted by atomic mass is 31.2. The number of rotatable bonds is 78. The number of esters is 4. The number of phosphoric acid groups is 2. The molecule has 0 aliphatic carbocycles. The lowest BCUT2D eigenvalue weighted by Gasteiger charge is -2.21. The standard InChI is InChI=1S/C81H158O17P2/c1-9-74(8)60-52-44-36-30-32-40-48-56-64-81(86)98-77(68-92-79(84)62-54-46-38-31-29-35-43-51-59-73(6)7)70-96-100(89,90)94-66-75(82)65-93-99(87,88)95-69-76(97-80(85)63-55-47-39-28-24-20-16-12-14-18-22-26-34-42-50-58-72(4)5)67-91-78(83)61-53-45-37-27-23-19-15-11-10-13-17-21-25-33-41-49-57-71(2)3/h71-77,82H,9-70H2,1-8H3,(H,87,88)(H,89,90)/t74?,75?,76-,77-/m1/s1. The first-order valence-corrected chi connectivity index (χ1v) is 44.7. The van der Waals surface area contributed by atoms with Crippen molar-refractivity contribution in [3.05, 3.63) is 0 Å². The Bertz CT molecular complexity index is 1960. The van der Waals surface area contributed by atoms with Crippen LogP contribution in [0.1, 0.15) is 415 Å². The number of carbonyl (C=O) groups excluding carboxylic acids is 4. The maximum atomic E-state index is 13.1. The van der Waals surface area contributed by atoms with Gasteiger partial charge in [-0.1, -0.05) is 364 Å². The van der Waals surface area contributed by atoms with Crippen LogP contribution in [0, 0.1) is 23.7 Å². The van der Waals surface area contributed by atoms with Crippen molar-refractivity contribution in [2.75, 3.05) is 39.6 Å². The van der Waals surface area contributed by atoms with Crippen molar-refractivity contribution in [1.29, 1.82) is 0 Å². The van der Waals surface area contributed by atoms with Gasteiger partial charge < -0.3 is 33.8 Å². The summed E-state index contributed by atoms with van der Waals surface area (Å²) in [7, 11) is -9.92. The molecular formula is C81H158O17P2. The van der Waals surface area contributed by atoms with E-state index in [1.807, 2.05) is 0 Å². The Balaban J connectivity index is 5.24. The zero-order chi connectivity index (χ0) is 73.8. The van der Waals surface area contributed by atoms with Crippen molar-refractivity contribution in [2.24, 2.45) is 23.7 Å². The largest absolute Gasteiger partial charge is 0.472 e. The molecule has 0 aliphatic heterocycles. The first-order valence-electron chi connectivity index (χ1n) is 41.7. The van der Waals surface area contributed by atoms with Crippen molar-refractivity contribution in [3.8, 4) is 0 Å². The lowest BCUT2D eigenvalue weighted by Crippen LogP contribution is -2.30. The Morgan fingerprint density at radius 1 is 0.280 bits per heavy atom. The molecule has 4 unspecified atom stereocenters. The summed E-state index contributed by atoms with van der Waals surface area (Å²) >= 11 is 0. The molecule has 3 N–H and O–H groups in total. The molecule has 0 radical (unpaired) electrons. The molecule has 100 heavy (non-hydrogen) atoms. The molecule has 0 spiro atoms. The number of aliphatic hydroxyl groups excluding tert-OH is 1. The molecular weight excluding hydrogens is 1310 g/mol. The normalized spacial score (nSPS) is 14.3. The van der Waals surface area contributed by atoms with Crippen molar-refractivity contribution >= 4 is 39.5 Å². The van der Waals surface area contributed by atoms with Gasteiger partial charge >= 0.3 is 39.5 Å². The Hall–Kier alpha value is -1.94. The van der Waals surface area contributed by atoms with E-state index in [1.165, 1.54) is 218 Å². The van der Waals surface area contributed by atoms with Gasteiger partial charge in [-0.2, -0.15) is 0 Å². The van der Waals surface area contributed by atoms with Crippen molar-refractivity contribution in [3.63, 3.8) is 0 Å². The topological polar surface area (TPSA) is 237 Å². The van der Waals surface area contributed by atoms with E-state index < -0.39 is 97.5 Å². The molecule has 0 aromatic heterocycles. The van der Waals surface area contributed by atoms with E-state index in [1.54, 1.807) is 0 Å². The molecule has 0 aromatic carbocycles. The van der Waals surface area contributed by atoms with Crippen molar-refractivity contribution in [2.45, 2.75) is 433 Å². The van der Waals surface area contributed by atoms with Crippen LogP contribution in [0.25, 0.3) is 0 Å². The van der Waals surface area contributed by atoms with Crippen LogP contribution in [0.15, 0.2) is 0 Å². The van der Waals surface area contributed by atoms with Crippen LogP contribution in [0.2, 0.25) is 0 Å². The predicted octanol–water partition coefficient (Wildman–Crippen LogP) is 24.0. The first-order chi connectivity index (χ1) is 48.1. The van der Waals surface area contributed by atoms with Crippen molar-refractivity contribution in [1.82, 2.24) is 0 Å². The van der Waals surface area contributed by atoms with Gasteiger partial charge in [0.25, 0.3) is 0 Å². The lowest BCUT2D eigenvalue weighted by atomic mass is 9.99. The van der Waals surface area contributed by atoms with Gasteiger partial charge in [-0.25, -0.2) is 9.13 Å². The number of carbonyl (C=O) groups is 4. The molecule has 594 valence electrons. The Kier molecular flexibility index (Phi) is 68.7. The minimum atomic E-state index is -4.96. The lowest BCUT2D eigenvalue weighted by molar-refractivity contribution is -0.161. The monoisotopic (exact) mass is 1470 g/mol. The molecule has 17 nitrogen and oxygen atoms in total. The van der Waals surface area contributed by atoms with Crippen LogP contribution in [0.4, 0.5) is 0 Å². The van der Waals surface area contributed by atoms with E-state index in [0.717, 1.165) is 114 Å². The van der Waals surface area contributed by atoms with Gasteiger partial charge in [-0.15, -0.1) is 0 Å². The minimum absolute atomic E-state index is 0.104. The second kappa shape index (κ2) is 70.1. The third kappa shape index (κ3) is 73.0. The van der Waals surface area contributed by atoms with Gasteiger partial charge in [0.05, 0.1) is 26.4 Å². The van der Waals surface area contributed by atoms with Gasteiger partial charge in [0, 0.05) is 25.7 Å². The van der Waals surface area contributed by atoms with E-state index in [4.69, 9.17) is 37.0 Å². The van der Waals surface area contributed by atoms with E-state index in [-0.39, 0.29) is 25.7 Å². The summed E-state index contributed by atoms with van der Waals surface area (Å²) < 4.78 is 68.7. The van der Waals surface area contributed by atoms with E-state index >= 15 is 0 Å². The summed E-state index contributed by atoms with van der Waals surface area (Å²) in [6.45, 7) is 14.3. The zero-order valence-electron chi connectivity index (χ0n) is 65.8. The fourth-order valence-corrected chi connectivity index (χ4v) is 14.0. The van der Waals surface area contributed by atoms with Crippen LogP contribution < -0.4 is 0 Å². The average molecular weight is 1470 g/mol. The summed E-state index contributed by atoms with van der Waals surface area (Å²) in [5, 5.41) is 10.6. The highest BCUT2D eigenvalue weighted by Gasteiger charge is 2.30. The number of aliphatic hydroxyl groups is 1. The molecule has 0 saturated carbocycles. The fourth-order valence-electron chi connectivity index (χ4n) is 12.4. The molecule has 0 bridgehead atoms. The highest BCUT2D eigenvalue weighted by Crippen LogP contribution is 2.45. The molecule has 0 heterocycles. The first kappa shape index (κ1) is 98.1. The predicted molar refractivity (Wildman–Crippen MR) is 409 cm³/mol. The van der Waals surface area contributed by atoms with E-state index in [9.17, 15) is 43.2 Å². The summed E-state index contributed by atoms with van der Waals surface area (Å²) in [5.74, 6) is 0.995. The second-order valence-electron chi connectivity index (χ2n) is 30.8. The van der Waals surface area contributed by atoms with E-state index in [0.29, 0.717) is 25.7 Å². The molecule has 19 heteroatoms. The Morgan fingerprint density at radius 3 is 0.710 bits per heavy atom. The van der Waals surface area contributed by atoms with Gasteiger partial charge in [0.1, 0.15) is 19.3 Å². The smallest absolute Gasteiger partial charge is 0.462 e. The van der Waals surface area contributed by atoms with E-state index in [2.05, 4.69) is 55.4 Å². The second-order valence-corrected chi connectivity index (χ2v) is 33.7. The number of hydrogen-bond acceptors (Lipinski definition) is 15. The maximum Gasteiger partial charge on any atom is 0.472 e. The van der Waals surface area contributed by atoms with Gasteiger partial charge in [-0.05, 0) is 49.4 Å². The molecule has 6 atom stereocenters. The summed E-state index contributed by atoms with van der Waals surface area (Å²) in [6, 6.07) is 0. The summed E-state index contributed by atoms with van der Waals surface area (Å²) in [4.78, 5) is 73.0. The third-order valence-electron chi connectivity index (χ3n) is 19.2. The summed E-state index contributed by atoms with van der Waals surface area (Å²) in [5.41, 5.74) is 0. The molecule has 0 aromatic rings. The molecule has 0 saturated heterocycles. The SMILES string of the molecule is CCC(C)CCCCCCCCCCC(=O)O[C@H](COC(=O)CCCCCCCCCCC(C)C)COP(=O)(O)OCC(O)COP(=O)(O)OC[C@@H](COC(=O)CCCCCCCCCCCCCCCCCCC(C)C)OC(=O)CCCCCCCCCCCCCCCCCC(C)C. The third-order valence-corrected chi connectivity index (χ3v) is 21.1. The fraction of sp³-hybridized carbons (Fsp3) is 0.951. The van der Waals surface area contributed by atoms with Gasteiger partial charge in [-0.3, -0.25) is 37.3 Å². The van der Waals surface area contributed by atoms with Crippen molar-refractivity contribution < 1.29 is 80.2 Å². The maximum absolute atomic E-state index is 13.1. The Morgan fingerprint density at radius 2 is 0.480 bits per heavy atom. The molecule has 0 rings (SSSR count). The zero-order valence-corrected chi connectivity index (χ0v) is 67.6. The van der Waals surface area contributed by atoms with Crippen LogP contribution in [0.5, 0.6) is 0 Å². The van der Waals surface area contributed by atoms with Gasteiger partial charge in [0.15, 0.2) is 12.2 Å². The minimum Gasteiger partial charge on any atom is -0.462 e. The number of phosphoric ester groups is 2. The number of unbranched alkanes of at least 4 members (excludes halogenated alkanes) is 43. The van der Waals surface area contributed by atoms with Gasteiger partial charge in [0.2, 0.25) is 0 Å². The molecule has 0 aliphatic rings. The van der Waals surface area contributed by atoms with Crippen LogP contribution in [0.3, 0.4) is 0 Å². The number of hydrogen-bond donors (Lipinski definition) is 3. The molecule has 0 amide bonds. The quantitative estimate of drug-likeness (QED) is 0.0222. The van der Waals surface area contributed by atoms with Crippen LogP contribution >= 0.6 is 15.6 Å². The Labute approximate surface area is 613 Å². The summed E-state index contributed by atoms with van der Waals surface area (Å²) in [6.07, 6.45) is 56.9. The molecule has 0 fully saturated rings. The van der Waals surface area contributed by atoms with Crippen LogP contribution in [-0.4, -0.2) is 96.7 Å². The number of ether oxygens (including phenoxy) is 4. The average Bonchev–Trinajstić information content (AvgIpc) is 0.927. The van der Waals surface area contributed by atoms with Crippen LogP contribution in [-0.2, 0) is 65.4 Å².